The molecule has 0 bridgehead atoms. The number of hydrogen-bond acceptors (Lipinski definition) is 5. The number of amides is 2. The summed E-state index contributed by atoms with van der Waals surface area (Å²) in [5, 5.41) is 15.5. The van der Waals surface area contributed by atoms with E-state index in [2.05, 4.69) is 16.7 Å². The molecule has 1 fully saturated rings. The third kappa shape index (κ3) is 5.85. The maximum Gasteiger partial charge on any atom is 0.253 e. The average Bonchev–Trinajstić information content (AvgIpc) is 2.79. The number of benzene rings is 2. The van der Waals surface area contributed by atoms with E-state index in [0.29, 0.717) is 11.3 Å². The van der Waals surface area contributed by atoms with Crippen molar-refractivity contribution in [2.24, 2.45) is 5.73 Å². The molecule has 0 spiro atoms. The van der Waals surface area contributed by atoms with Gasteiger partial charge < -0.3 is 20.9 Å². The van der Waals surface area contributed by atoms with Crippen molar-refractivity contribution in [1.29, 1.82) is 5.26 Å². The Morgan fingerprint density at radius 1 is 1.26 bits per heavy atom. The third-order valence-corrected chi connectivity index (χ3v) is 6.34. The molecule has 3 atom stereocenters. The average molecular weight is 439 g/mol. The first-order chi connectivity index (χ1) is 14.9. The van der Waals surface area contributed by atoms with E-state index < -0.39 is 23.1 Å². The monoisotopic (exact) mass is 438 g/mol. The Hall–Kier alpha value is -2.86. The highest BCUT2D eigenvalue weighted by molar-refractivity contribution is 7.90. The Bertz CT molecular complexity index is 979. The summed E-state index contributed by atoms with van der Waals surface area (Å²) >= 11 is -1.35. The van der Waals surface area contributed by atoms with Crippen molar-refractivity contribution in [1.82, 2.24) is 10.6 Å². The van der Waals surface area contributed by atoms with Crippen LogP contribution in [0.2, 0.25) is 0 Å². The molecule has 0 radical (unpaired) electrons. The quantitative estimate of drug-likeness (QED) is 0.568. The Balaban J connectivity index is 1.69. The van der Waals surface area contributed by atoms with Gasteiger partial charge >= 0.3 is 0 Å². The van der Waals surface area contributed by atoms with Gasteiger partial charge in [-0.15, -0.1) is 0 Å². The molecule has 8 heteroatoms. The first-order valence-corrected chi connectivity index (χ1v) is 11.7. The number of carbonyl (C=O) groups is 2. The van der Waals surface area contributed by atoms with Crippen LogP contribution in [0.25, 0.3) is 11.1 Å². The third-order valence-electron chi connectivity index (χ3n) is 5.38. The lowest BCUT2D eigenvalue weighted by atomic mass is 9.99. The number of rotatable bonds is 7. The zero-order chi connectivity index (χ0) is 22.4. The van der Waals surface area contributed by atoms with Crippen LogP contribution in [0.15, 0.2) is 47.4 Å². The fraction of sp³-hybridized carbons (Fsp3) is 0.348. The summed E-state index contributed by atoms with van der Waals surface area (Å²) in [6, 6.07) is 14.0. The number of nitriles is 1. The minimum Gasteiger partial charge on any atom is -0.612 e. The summed E-state index contributed by atoms with van der Waals surface area (Å²) in [4.78, 5) is 24.3. The van der Waals surface area contributed by atoms with E-state index >= 15 is 0 Å². The predicted octanol–water partition coefficient (Wildman–Crippen LogP) is 1.88. The molecule has 0 aliphatic carbocycles. The van der Waals surface area contributed by atoms with Gasteiger partial charge in [-0.25, -0.2) is 0 Å². The number of carbonyl (C=O) groups excluding carboxylic acids is 2. The lowest BCUT2D eigenvalue weighted by Gasteiger charge is -2.23. The van der Waals surface area contributed by atoms with Crippen LogP contribution in [0.3, 0.4) is 0 Å². The van der Waals surface area contributed by atoms with E-state index in [4.69, 9.17) is 5.73 Å². The van der Waals surface area contributed by atoms with Gasteiger partial charge in [0.05, 0.1) is 17.7 Å². The molecule has 1 aliphatic rings. The Morgan fingerprint density at radius 2 is 1.97 bits per heavy atom. The van der Waals surface area contributed by atoms with Gasteiger partial charge in [0.15, 0.2) is 4.90 Å². The normalized spacial score (nSPS) is 17.9. The zero-order valence-corrected chi connectivity index (χ0v) is 18.2. The van der Waals surface area contributed by atoms with Crippen LogP contribution in [0.1, 0.15) is 35.2 Å². The van der Waals surface area contributed by atoms with Gasteiger partial charge in [-0.1, -0.05) is 36.8 Å². The molecular formula is C23H26N4O3S. The number of nitrogens with two attached hydrogens (primary N) is 1. The van der Waals surface area contributed by atoms with Gasteiger partial charge in [0.1, 0.15) is 12.3 Å². The fourth-order valence-corrected chi connectivity index (χ4v) is 4.46. The van der Waals surface area contributed by atoms with E-state index in [-0.39, 0.29) is 17.5 Å². The van der Waals surface area contributed by atoms with Crippen molar-refractivity contribution >= 4 is 23.0 Å². The topological polar surface area (TPSA) is 131 Å². The molecule has 3 rings (SSSR count). The second-order valence-corrected chi connectivity index (χ2v) is 8.97. The van der Waals surface area contributed by atoms with Crippen molar-refractivity contribution in [3.8, 4) is 17.2 Å². The lowest BCUT2D eigenvalue weighted by Crippen LogP contribution is -2.49. The molecule has 2 aromatic rings. The van der Waals surface area contributed by atoms with Crippen LogP contribution in [0.5, 0.6) is 0 Å². The Kier molecular flexibility index (Phi) is 7.69. The highest BCUT2D eigenvalue weighted by atomic mass is 32.2. The summed E-state index contributed by atoms with van der Waals surface area (Å²) in [6.07, 6.45) is 4.78. The van der Waals surface area contributed by atoms with E-state index in [9.17, 15) is 19.4 Å². The van der Waals surface area contributed by atoms with E-state index in [1.807, 2.05) is 24.3 Å². The van der Waals surface area contributed by atoms with Crippen LogP contribution < -0.4 is 16.4 Å². The molecule has 1 heterocycles. The molecular weight excluding hydrogens is 412 g/mol. The molecule has 162 valence electrons. The first-order valence-electron chi connectivity index (χ1n) is 10.2. The largest absolute Gasteiger partial charge is 0.612 e. The van der Waals surface area contributed by atoms with Crippen LogP contribution >= 0.6 is 0 Å². The van der Waals surface area contributed by atoms with Crippen molar-refractivity contribution in [2.45, 2.75) is 42.7 Å². The summed E-state index contributed by atoms with van der Waals surface area (Å²) in [5.74, 6) is -0.738. The molecule has 7 nitrogen and oxygen atoms in total. The number of hydrogen-bond donors (Lipinski definition) is 3. The summed E-state index contributed by atoms with van der Waals surface area (Å²) in [7, 11) is 0. The molecule has 31 heavy (non-hydrogen) atoms. The zero-order valence-electron chi connectivity index (χ0n) is 17.4. The van der Waals surface area contributed by atoms with Gasteiger partial charge in [-0.05, 0) is 53.3 Å². The standard InChI is InChI=1S/C23H26N4O3S/c1-31(30)21-13-17(9-10-19(21)22(25)28)16-7-5-15(6-8-16)12-18(14-24)27-23(29)20-4-2-3-11-26-20/h5-10,13,18,20,26H,2-4,11-12H2,1H3,(H2,25,28)(H,27,29)/t18-,20-,31?/m0/s1. The molecule has 1 saturated heterocycles. The van der Waals surface area contributed by atoms with Gasteiger partial charge in [0.2, 0.25) is 5.91 Å². The molecule has 4 N–H and O–H groups in total. The Labute approximate surface area is 185 Å². The summed E-state index contributed by atoms with van der Waals surface area (Å²) in [6.45, 7) is 0.824. The van der Waals surface area contributed by atoms with Crippen molar-refractivity contribution in [2.75, 3.05) is 12.8 Å². The van der Waals surface area contributed by atoms with Gasteiger partial charge in [-0.2, -0.15) is 5.26 Å². The number of nitrogens with one attached hydrogen (secondary N) is 2. The van der Waals surface area contributed by atoms with Gasteiger partial charge in [0.25, 0.3) is 5.91 Å². The van der Waals surface area contributed by atoms with Crippen LogP contribution in [-0.2, 0) is 22.4 Å². The van der Waals surface area contributed by atoms with Gasteiger partial charge in [0, 0.05) is 12.5 Å². The number of primary amides is 1. The minimum absolute atomic E-state index is 0.127. The van der Waals surface area contributed by atoms with E-state index in [1.165, 1.54) is 6.26 Å². The molecule has 1 unspecified atom stereocenters. The van der Waals surface area contributed by atoms with E-state index in [0.717, 1.165) is 42.5 Å². The summed E-state index contributed by atoms with van der Waals surface area (Å²) in [5.41, 5.74) is 8.24. The highest BCUT2D eigenvalue weighted by Crippen LogP contribution is 2.26. The SMILES string of the molecule is C[S+]([O-])c1cc(-c2ccc(C[C@@H](C#N)NC(=O)[C@@H]3CCCCN3)cc2)ccc1C(N)=O. The Morgan fingerprint density at radius 3 is 2.55 bits per heavy atom. The highest BCUT2D eigenvalue weighted by Gasteiger charge is 2.23. The van der Waals surface area contributed by atoms with Crippen molar-refractivity contribution < 1.29 is 14.1 Å². The van der Waals surface area contributed by atoms with Crippen molar-refractivity contribution in [3.05, 3.63) is 53.6 Å². The molecule has 0 saturated carbocycles. The van der Waals surface area contributed by atoms with Gasteiger partial charge in [-0.3, -0.25) is 9.59 Å². The molecule has 1 aliphatic heterocycles. The van der Waals surface area contributed by atoms with E-state index in [1.54, 1.807) is 18.2 Å². The summed E-state index contributed by atoms with van der Waals surface area (Å²) < 4.78 is 12.0. The maximum absolute atomic E-state index is 12.4. The second kappa shape index (κ2) is 10.4. The fourth-order valence-electron chi connectivity index (χ4n) is 3.69. The first kappa shape index (κ1) is 22.8. The molecule has 2 aromatic carbocycles. The maximum atomic E-state index is 12.4. The lowest BCUT2D eigenvalue weighted by molar-refractivity contribution is -0.124. The van der Waals surface area contributed by atoms with Crippen molar-refractivity contribution in [3.63, 3.8) is 0 Å². The van der Waals surface area contributed by atoms with Crippen LogP contribution in [0, 0.1) is 11.3 Å². The smallest absolute Gasteiger partial charge is 0.253 e. The predicted molar refractivity (Wildman–Crippen MR) is 120 cm³/mol. The molecule has 0 aromatic heterocycles. The van der Waals surface area contributed by atoms with Crippen LogP contribution in [-0.4, -0.2) is 41.3 Å². The minimum atomic E-state index is -1.35. The molecule has 2 amide bonds. The second-order valence-electron chi connectivity index (χ2n) is 7.62. The number of piperidine rings is 1. The number of nitrogens with zero attached hydrogens (tertiary/aromatic N) is 1. The van der Waals surface area contributed by atoms with Crippen LogP contribution in [0.4, 0.5) is 0 Å².